The molecule has 1 aliphatic rings. The highest BCUT2D eigenvalue weighted by atomic mass is 16.1. The Balaban J connectivity index is 1.60. The van der Waals surface area contributed by atoms with Crippen LogP contribution in [0.15, 0.2) is 48.8 Å². The first-order valence-corrected chi connectivity index (χ1v) is 6.87. The van der Waals surface area contributed by atoms with Gasteiger partial charge in [-0.25, -0.2) is 4.68 Å². The van der Waals surface area contributed by atoms with Gasteiger partial charge in [0.25, 0.3) is 0 Å². The quantitative estimate of drug-likeness (QED) is 0.846. The number of amides is 1. The number of para-hydroxylation sites is 1. The van der Waals surface area contributed by atoms with Gasteiger partial charge in [0.2, 0.25) is 5.91 Å². The van der Waals surface area contributed by atoms with E-state index in [0.29, 0.717) is 5.92 Å². The third-order valence-corrected chi connectivity index (χ3v) is 3.31. The van der Waals surface area contributed by atoms with Crippen LogP contribution >= 0.6 is 0 Å². The van der Waals surface area contributed by atoms with E-state index in [1.54, 1.807) is 23.0 Å². The van der Waals surface area contributed by atoms with Crippen molar-refractivity contribution in [3.63, 3.8) is 0 Å². The van der Waals surface area contributed by atoms with Crippen molar-refractivity contribution in [1.29, 1.82) is 0 Å². The number of nitrogens with zero attached hydrogens (tertiary/aromatic N) is 2. The molecule has 20 heavy (non-hydrogen) atoms. The van der Waals surface area contributed by atoms with Gasteiger partial charge in [0.1, 0.15) is 0 Å². The Morgan fingerprint density at radius 1 is 1.35 bits per heavy atom. The minimum Gasteiger partial charge on any atom is -0.352 e. The molecule has 4 heteroatoms. The molecule has 0 radical (unpaired) electrons. The second-order valence-electron chi connectivity index (χ2n) is 5.08. The average Bonchev–Trinajstić information content (AvgIpc) is 3.20. The third kappa shape index (κ3) is 3.35. The van der Waals surface area contributed by atoms with Gasteiger partial charge in [-0.1, -0.05) is 18.2 Å². The average molecular weight is 267 g/mol. The molecule has 1 heterocycles. The van der Waals surface area contributed by atoms with E-state index in [4.69, 9.17) is 0 Å². The highest BCUT2D eigenvalue weighted by molar-refractivity contribution is 5.91. The maximum Gasteiger partial charge on any atom is 0.244 e. The molecule has 1 aromatic heterocycles. The van der Waals surface area contributed by atoms with Gasteiger partial charge in [-0.05, 0) is 37.0 Å². The maximum absolute atomic E-state index is 11.6. The standard InChI is InChI=1S/C16H17N3O/c20-16(17-10-13-6-7-13)9-8-14-11-18-19(12-14)15-4-2-1-3-5-15/h1-5,8-9,11-13H,6-7,10H2,(H,17,20)/b9-8-. The lowest BCUT2D eigenvalue weighted by Crippen LogP contribution is -2.23. The Morgan fingerprint density at radius 3 is 2.90 bits per heavy atom. The SMILES string of the molecule is O=C(/C=C\c1cnn(-c2ccccc2)c1)NCC1CC1. The van der Waals surface area contributed by atoms with Gasteiger partial charge in [0, 0.05) is 24.4 Å². The molecule has 0 aliphatic heterocycles. The maximum atomic E-state index is 11.6. The molecule has 0 atom stereocenters. The Kier molecular flexibility index (Phi) is 3.63. The zero-order valence-electron chi connectivity index (χ0n) is 11.2. The van der Waals surface area contributed by atoms with Crippen LogP contribution in [-0.2, 0) is 4.79 Å². The summed E-state index contributed by atoms with van der Waals surface area (Å²) in [6.07, 6.45) is 9.49. The van der Waals surface area contributed by atoms with Gasteiger partial charge < -0.3 is 5.32 Å². The highest BCUT2D eigenvalue weighted by Crippen LogP contribution is 2.27. The molecule has 1 saturated carbocycles. The van der Waals surface area contributed by atoms with E-state index in [9.17, 15) is 4.79 Å². The number of hydrogen-bond acceptors (Lipinski definition) is 2. The summed E-state index contributed by atoms with van der Waals surface area (Å²) < 4.78 is 1.79. The zero-order chi connectivity index (χ0) is 13.8. The summed E-state index contributed by atoms with van der Waals surface area (Å²) >= 11 is 0. The van der Waals surface area contributed by atoms with Gasteiger partial charge in [-0.3, -0.25) is 4.79 Å². The molecular formula is C16H17N3O. The molecule has 0 spiro atoms. The number of carbonyl (C=O) groups is 1. The van der Waals surface area contributed by atoms with Crippen molar-refractivity contribution in [2.75, 3.05) is 6.54 Å². The van der Waals surface area contributed by atoms with Crippen molar-refractivity contribution < 1.29 is 4.79 Å². The van der Waals surface area contributed by atoms with Crippen molar-refractivity contribution in [3.05, 3.63) is 54.4 Å². The predicted octanol–water partition coefficient (Wildman–Crippen LogP) is 2.41. The topological polar surface area (TPSA) is 46.9 Å². The van der Waals surface area contributed by atoms with E-state index in [1.807, 2.05) is 36.5 Å². The lowest BCUT2D eigenvalue weighted by Gasteiger charge is -1.99. The monoisotopic (exact) mass is 267 g/mol. The number of benzene rings is 1. The van der Waals surface area contributed by atoms with Gasteiger partial charge >= 0.3 is 0 Å². The van der Waals surface area contributed by atoms with Crippen molar-refractivity contribution in [2.45, 2.75) is 12.8 Å². The normalized spacial score (nSPS) is 14.6. The molecule has 4 nitrogen and oxygen atoms in total. The molecule has 1 aromatic carbocycles. The number of nitrogens with one attached hydrogen (secondary N) is 1. The van der Waals surface area contributed by atoms with Gasteiger partial charge in [0.05, 0.1) is 11.9 Å². The Morgan fingerprint density at radius 2 is 2.15 bits per heavy atom. The lowest BCUT2D eigenvalue weighted by molar-refractivity contribution is -0.116. The number of hydrogen-bond donors (Lipinski definition) is 1. The van der Waals surface area contributed by atoms with E-state index in [0.717, 1.165) is 17.8 Å². The Hall–Kier alpha value is -2.36. The van der Waals surface area contributed by atoms with Crippen LogP contribution in [0.1, 0.15) is 18.4 Å². The smallest absolute Gasteiger partial charge is 0.244 e. The van der Waals surface area contributed by atoms with E-state index >= 15 is 0 Å². The zero-order valence-corrected chi connectivity index (χ0v) is 11.2. The number of aromatic nitrogens is 2. The summed E-state index contributed by atoms with van der Waals surface area (Å²) in [5, 5.41) is 7.18. The van der Waals surface area contributed by atoms with E-state index in [2.05, 4.69) is 10.4 Å². The van der Waals surface area contributed by atoms with Crippen LogP contribution in [-0.4, -0.2) is 22.2 Å². The molecule has 0 unspecified atom stereocenters. The van der Waals surface area contributed by atoms with E-state index in [-0.39, 0.29) is 5.91 Å². The third-order valence-electron chi connectivity index (χ3n) is 3.31. The van der Waals surface area contributed by atoms with Crippen LogP contribution < -0.4 is 5.32 Å². The molecule has 1 fully saturated rings. The summed E-state index contributed by atoms with van der Waals surface area (Å²) in [7, 11) is 0. The van der Waals surface area contributed by atoms with Crippen molar-refractivity contribution in [2.24, 2.45) is 5.92 Å². The molecule has 102 valence electrons. The number of carbonyl (C=O) groups excluding carboxylic acids is 1. The largest absolute Gasteiger partial charge is 0.352 e. The highest BCUT2D eigenvalue weighted by Gasteiger charge is 2.20. The predicted molar refractivity (Wildman–Crippen MR) is 78.3 cm³/mol. The van der Waals surface area contributed by atoms with Crippen molar-refractivity contribution in [3.8, 4) is 5.69 Å². The van der Waals surface area contributed by atoms with Crippen LogP contribution in [0.25, 0.3) is 11.8 Å². The second kappa shape index (κ2) is 5.74. The van der Waals surface area contributed by atoms with Gasteiger partial charge in [-0.2, -0.15) is 5.10 Å². The number of rotatable bonds is 5. The Labute approximate surface area is 118 Å². The summed E-state index contributed by atoms with van der Waals surface area (Å²) in [6.45, 7) is 0.798. The molecule has 1 amide bonds. The molecule has 3 rings (SSSR count). The summed E-state index contributed by atoms with van der Waals surface area (Å²) in [5.41, 5.74) is 1.92. The molecular weight excluding hydrogens is 250 g/mol. The van der Waals surface area contributed by atoms with Crippen LogP contribution in [0, 0.1) is 5.92 Å². The molecule has 0 saturated heterocycles. The minimum absolute atomic E-state index is 0.0376. The van der Waals surface area contributed by atoms with E-state index < -0.39 is 0 Å². The first-order chi connectivity index (χ1) is 9.81. The molecule has 1 N–H and O–H groups in total. The molecule has 0 bridgehead atoms. The first-order valence-electron chi connectivity index (χ1n) is 6.87. The summed E-state index contributed by atoms with van der Waals surface area (Å²) in [5.74, 6) is 0.664. The first kappa shape index (κ1) is 12.7. The fraction of sp³-hybridized carbons (Fsp3) is 0.250. The lowest BCUT2D eigenvalue weighted by atomic mass is 10.3. The Bertz CT molecular complexity index is 612. The van der Waals surface area contributed by atoms with Crippen LogP contribution in [0.5, 0.6) is 0 Å². The van der Waals surface area contributed by atoms with Crippen LogP contribution in [0.3, 0.4) is 0 Å². The van der Waals surface area contributed by atoms with Crippen LogP contribution in [0.4, 0.5) is 0 Å². The fourth-order valence-corrected chi connectivity index (χ4v) is 1.94. The molecule has 2 aromatic rings. The van der Waals surface area contributed by atoms with Gasteiger partial charge in [-0.15, -0.1) is 0 Å². The second-order valence-corrected chi connectivity index (χ2v) is 5.08. The molecule has 1 aliphatic carbocycles. The van der Waals surface area contributed by atoms with E-state index in [1.165, 1.54) is 12.8 Å². The summed E-state index contributed by atoms with van der Waals surface area (Å²) in [6, 6.07) is 9.89. The summed E-state index contributed by atoms with van der Waals surface area (Å²) in [4.78, 5) is 11.6. The minimum atomic E-state index is -0.0376. The van der Waals surface area contributed by atoms with Gasteiger partial charge in [0.15, 0.2) is 0 Å². The van der Waals surface area contributed by atoms with Crippen molar-refractivity contribution >= 4 is 12.0 Å². The van der Waals surface area contributed by atoms with Crippen molar-refractivity contribution in [1.82, 2.24) is 15.1 Å². The fourth-order valence-electron chi connectivity index (χ4n) is 1.94. The van der Waals surface area contributed by atoms with Crippen LogP contribution in [0.2, 0.25) is 0 Å².